The molecule has 0 aliphatic carbocycles. The Labute approximate surface area is 90.9 Å². The van der Waals surface area contributed by atoms with E-state index in [0.29, 0.717) is 0 Å². The second-order valence-electron chi connectivity index (χ2n) is 3.50. The van der Waals surface area contributed by atoms with Crippen LogP contribution in [0.15, 0.2) is 23.7 Å². The summed E-state index contributed by atoms with van der Waals surface area (Å²) in [7, 11) is 0. The summed E-state index contributed by atoms with van der Waals surface area (Å²) in [5, 5.41) is 0.788. The molecule has 1 aromatic rings. The Bertz CT molecular complexity index is 382. The number of halogens is 1. The summed E-state index contributed by atoms with van der Waals surface area (Å²) in [5.74, 6) is 0. The van der Waals surface area contributed by atoms with Gasteiger partial charge in [0.15, 0.2) is 0 Å². The summed E-state index contributed by atoms with van der Waals surface area (Å²) in [4.78, 5) is 0. The van der Waals surface area contributed by atoms with Crippen molar-refractivity contribution in [2.24, 2.45) is 0 Å². The van der Waals surface area contributed by atoms with Crippen LogP contribution in [-0.4, -0.2) is 0 Å². The molecule has 0 fully saturated rings. The van der Waals surface area contributed by atoms with Gasteiger partial charge >= 0.3 is 0 Å². The zero-order chi connectivity index (χ0) is 10.7. The van der Waals surface area contributed by atoms with Crippen LogP contribution in [0, 0.1) is 13.8 Å². The van der Waals surface area contributed by atoms with Gasteiger partial charge < -0.3 is 0 Å². The molecular weight excluding hydrogens is 192 g/mol. The Hall–Kier alpha value is -1.01. The maximum Gasteiger partial charge on any atom is 0.0156 e. The Morgan fingerprint density at radius 3 is 2.14 bits per heavy atom. The fraction of sp³-hybridized carbons (Fsp3) is 0.231. The lowest BCUT2D eigenvalue weighted by Gasteiger charge is -2.06. The first-order valence-electron chi connectivity index (χ1n) is 4.62. The fourth-order valence-corrected chi connectivity index (χ4v) is 1.49. The lowest BCUT2D eigenvalue weighted by Crippen LogP contribution is -1.87. The highest BCUT2D eigenvalue weighted by Gasteiger charge is 2.00. The number of hydrogen-bond acceptors (Lipinski definition) is 0. The molecule has 0 saturated heterocycles. The minimum absolute atomic E-state index is 0.788. The molecule has 0 aromatic heterocycles. The number of rotatable bonds is 2. The highest BCUT2D eigenvalue weighted by Crippen LogP contribution is 2.20. The largest absolute Gasteiger partial charge is 0.0984 e. The normalized spacial score (nSPS) is 11.6. The van der Waals surface area contributed by atoms with Crippen LogP contribution in [0.5, 0.6) is 0 Å². The molecule has 0 radical (unpaired) electrons. The SMILES string of the molecule is C=Cc1cc(C)c(C)cc1/C=C(\C)Cl. The second-order valence-corrected chi connectivity index (χ2v) is 4.10. The molecule has 0 saturated carbocycles. The van der Waals surface area contributed by atoms with E-state index < -0.39 is 0 Å². The van der Waals surface area contributed by atoms with Gasteiger partial charge in [0.2, 0.25) is 0 Å². The first-order chi connectivity index (χ1) is 6.54. The quantitative estimate of drug-likeness (QED) is 0.666. The third-order valence-corrected chi connectivity index (χ3v) is 2.38. The highest BCUT2D eigenvalue weighted by atomic mass is 35.5. The van der Waals surface area contributed by atoms with Crippen molar-refractivity contribution < 1.29 is 0 Å². The van der Waals surface area contributed by atoms with Crippen LogP contribution >= 0.6 is 11.6 Å². The molecule has 14 heavy (non-hydrogen) atoms. The van der Waals surface area contributed by atoms with Gasteiger partial charge in [0.25, 0.3) is 0 Å². The molecule has 0 heterocycles. The van der Waals surface area contributed by atoms with Crippen LogP contribution < -0.4 is 0 Å². The van der Waals surface area contributed by atoms with Crippen LogP contribution in [0.1, 0.15) is 29.2 Å². The second kappa shape index (κ2) is 4.47. The van der Waals surface area contributed by atoms with Crippen LogP contribution in [0.25, 0.3) is 12.2 Å². The average Bonchev–Trinajstić information content (AvgIpc) is 2.10. The standard InChI is InChI=1S/C13H15Cl/c1-5-12-6-9(2)10(3)7-13(12)8-11(4)14/h5-8H,1H2,2-4H3/b11-8+. The Kier molecular flexibility index (Phi) is 3.54. The van der Waals surface area contributed by atoms with Gasteiger partial charge in [-0.2, -0.15) is 0 Å². The van der Waals surface area contributed by atoms with Gasteiger partial charge in [0, 0.05) is 5.03 Å². The van der Waals surface area contributed by atoms with Crippen molar-refractivity contribution in [3.8, 4) is 0 Å². The van der Waals surface area contributed by atoms with E-state index >= 15 is 0 Å². The molecule has 0 spiro atoms. The average molecular weight is 207 g/mol. The van der Waals surface area contributed by atoms with Gasteiger partial charge in [-0.1, -0.05) is 36.4 Å². The molecule has 0 bridgehead atoms. The lowest BCUT2D eigenvalue weighted by molar-refractivity contribution is 1.32. The predicted molar refractivity (Wildman–Crippen MR) is 65.5 cm³/mol. The Balaban J connectivity index is 3.34. The number of allylic oxidation sites excluding steroid dienone is 1. The van der Waals surface area contributed by atoms with E-state index in [1.165, 1.54) is 11.1 Å². The third kappa shape index (κ3) is 2.49. The maximum atomic E-state index is 5.86. The minimum atomic E-state index is 0.788. The van der Waals surface area contributed by atoms with E-state index in [1.807, 2.05) is 19.1 Å². The summed E-state index contributed by atoms with van der Waals surface area (Å²) in [6, 6.07) is 4.27. The third-order valence-electron chi connectivity index (χ3n) is 2.27. The minimum Gasteiger partial charge on any atom is -0.0984 e. The van der Waals surface area contributed by atoms with Gasteiger partial charge in [-0.15, -0.1) is 0 Å². The van der Waals surface area contributed by atoms with Crippen molar-refractivity contribution in [3.05, 3.63) is 46.0 Å². The molecule has 1 aromatic carbocycles. The van der Waals surface area contributed by atoms with E-state index in [0.717, 1.165) is 16.2 Å². The summed E-state index contributed by atoms with van der Waals surface area (Å²) >= 11 is 5.86. The molecule has 74 valence electrons. The van der Waals surface area contributed by atoms with Gasteiger partial charge in [0.1, 0.15) is 0 Å². The predicted octanol–water partition coefficient (Wildman–Crippen LogP) is 4.55. The molecule has 1 rings (SSSR count). The molecule has 0 unspecified atom stereocenters. The van der Waals surface area contributed by atoms with E-state index in [4.69, 9.17) is 11.6 Å². The summed E-state index contributed by atoms with van der Waals surface area (Å²) in [5.41, 5.74) is 4.83. The van der Waals surface area contributed by atoms with Crippen LogP contribution in [0.4, 0.5) is 0 Å². The molecule has 0 aliphatic rings. The zero-order valence-corrected chi connectivity index (χ0v) is 9.65. The Morgan fingerprint density at radius 2 is 1.71 bits per heavy atom. The van der Waals surface area contributed by atoms with Crippen molar-refractivity contribution in [1.82, 2.24) is 0 Å². The van der Waals surface area contributed by atoms with Gasteiger partial charge in [-0.05, 0) is 49.1 Å². The van der Waals surface area contributed by atoms with Crippen LogP contribution in [0.3, 0.4) is 0 Å². The molecule has 0 atom stereocenters. The van der Waals surface area contributed by atoms with E-state index in [2.05, 4.69) is 32.6 Å². The number of hydrogen-bond donors (Lipinski definition) is 0. The van der Waals surface area contributed by atoms with Crippen molar-refractivity contribution in [2.75, 3.05) is 0 Å². The van der Waals surface area contributed by atoms with Crippen molar-refractivity contribution in [2.45, 2.75) is 20.8 Å². The summed E-state index contributed by atoms with van der Waals surface area (Å²) < 4.78 is 0. The van der Waals surface area contributed by atoms with Crippen molar-refractivity contribution in [3.63, 3.8) is 0 Å². The molecule has 0 nitrogen and oxygen atoms in total. The first-order valence-corrected chi connectivity index (χ1v) is 5.00. The van der Waals surface area contributed by atoms with Gasteiger partial charge in [-0.25, -0.2) is 0 Å². The first kappa shape index (κ1) is 11.1. The molecule has 0 N–H and O–H groups in total. The lowest BCUT2D eigenvalue weighted by atomic mass is 9.99. The van der Waals surface area contributed by atoms with Crippen LogP contribution in [-0.2, 0) is 0 Å². The molecule has 0 aliphatic heterocycles. The van der Waals surface area contributed by atoms with Gasteiger partial charge in [-0.3, -0.25) is 0 Å². The molecule has 1 heteroatoms. The van der Waals surface area contributed by atoms with Gasteiger partial charge in [0.05, 0.1) is 0 Å². The number of aryl methyl sites for hydroxylation is 2. The Morgan fingerprint density at radius 1 is 1.21 bits per heavy atom. The van der Waals surface area contributed by atoms with E-state index in [1.54, 1.807) is 0 Å². The van der Waals surface area contributed by atoms with E-state index in [9.17, 15) is 0 Å². The maximum absolute atomic E-state index is 5.86. The fourth-order valence-electron chi connectivity index (χ4n) is 1.38. The summed E-state index contributed by atoms with van der Waals surface area (Å²) in [6.07, 6.45) is 3.82. The molecular formula is C13H15Cl. The monoisotopic (exact) mass is 206 g/mol. The van der Waals surface area contributed by atoms with Crippen molar-refractivity contribution in [1.29, 1.82) is 0 Å². The summed E-state index contributed by atoms with van der Waals surface area (Å²) in [6.45, 7) is 9.88. The van der Waals surface area contributed by atoms with Crippen molar-refractivity contribution >= 4 is 23.8 Å². The molecule has 0 amide bonds. The van der Waals surface area contributed by atoms with Crippen LogP contribution in [0.2, 0.25) is 0 Å². The topological polar surface area (TPSA) is 0 Å². The number of benzene rings is 1. The van der Waals surface area contributed by atoms with E-state index in [-0.39, 0.29) is 0 Å². The zero-order valence-electron chi connectivity index (χ0n) is 8.89. The highest BCUT2D eigenvalue weighted by molar-refractivity contribution is 6.31. The smallest absolute Gasteiger partial charge is 0.0156 e.